The summed E-state index contributed by atoms with van der Waals surface area (Å²) in [5, 5.41) is 2.65. The van der Waals surface area contributed by atoms with Crippen molar-refractivity contribution in [1.82, 2.24) is 0 Å². The predicted molar refractivity (Wildman–Crippen MR) is 84.6 cm³/mol. The molecule has 0 radical (unpaired) electrons. The van der Waals surface area contributed by atoms with Gasteiger partial charge in [0.25, 0.3) is 5.91 Å². The van der Waals surface area contributed by atoms with E-state index in [1.807, 2.05) is 0 Å². The van der Waals surface area contributed by atoms with E-state index in [2.05, 4.69) is 5.32 Å². The zero-order valence-electron chi connectivity index (χ0n) is 13.4. The molecule has 7 heteroatoms. The number of carbonyl (C=O) groups excluding carboxylic acids is 1. The monoisotopic (exact) mass is 337 g/mol. The summed E-state index contributed by atoms with van der Waals surface area (Å²) in [5.74, 6) is -1.42. The largest absolute Gasteiger partial charge is 0.493 e. The van der Waals surface area contributed by atoms with E-state index in [1.54, 1.807) is 18.2 Å². The first-order valence-electron chi connectivity index (χ1n) is 7.09. The molecule has 0 bridgehead atoms. The van der Waals surface area contributed by atoms with Gasteiger partial charge in [-0.1, -0.05) is 0 Å². The molecule has 0 aliphatic carbocycles. The van der Waals surface area contributed by atoms with Crippen molar-refractivity contribution in [3.8, 4) is 17.2 Å². The molecule has 0 aliphatic heterocycles. The number of hydrogen-bond donors (Lipinski definition) is 1. The molecule has 128 valence electrons. The van der Waals surface area contributed by atoms with E-state index in [0.717, 1.165) is 12.1 Å². The molecule has 5 nitrogen and oxygen atoms in total. The number of anilines is 1. The van der Waals surface area contributed by atoms with Crippen molar-refractivity contribution in [2.45, 2.75) is 13.0 Å². The van der Waals surface area contributed by atoms with Crippen LogP contribution in [0.2, 0.25) is 0 Å². The van der Waals surface area contributed by atoms with Gasteiger partial charge in [0.1, 0.15) is 5.75 Å². The predicted octanol–water partition coefficient (Wildman–Crippen LogP) is 3.39. The molecule has 24 heavy (non-hydrogen) atoms. The highest BCUT2D eigenvalue weighted by atomic mass is 19.2. The van der Waals surface area contributed by atoms with Gasteiger partial charge in [-0.15, -0.1) is 0 Å². The molecule has 2 rings (SSSR count). The maximum atomic E-state index is 13.2. The number of amides is 1. The summed E-state index contributed by atoms with van der Waals surface area (Å²) in [5.41, 5.74) is 0.485. The Labute approximate surface area is 138 Å². The van der Waals surface area contributed by atoms with Gasteiger partial charge in [0.05, 0.1) is 14.2 Å². The molecule has 2 aromatic rings. The van der Waals surface area contributed by atoms with E-state index >= 15 is 0 Å². The SMILES string of the molecule is COc1ccc(NC(=O)[C@H](C)Oc2ccc(F)c(F)c2)cc1OC. The summed E-state index contributed by atoms with van der Waals surface area (Å²) in [4.78, 5) is 12.1. The molecule has 0 unspecified atom stereocenters. The fourth-order valence-corrected chi connectivity index (χ4v) is 1.97. The van der Waals surface area contributed by atoms with E-state index in [1.165, 1.54) is 27.2 Å². The third-order valence-electron chi connectivity index (χ3n) is 3.22. The van der Waals surface area contributed by atoms with Crippen LogP contribution in [0.3, 0.4) is 0 Å². The lowest BCUT2D eigenvalue weighted by atomic mass is 10.2. The summed E-state index contributed by atoms with van der Waals surface area (Å²) in [6.07, 6.45) is -0.914. The summed E-state index contributed by atoms with van der Waals surface area (Å²) < 4.78 is 41.6. The molecule has 0 spiro atoms. The molecule has 2 aromatic carbocycles. The molecule has 0 aliphatic rings. The molecular weight excluding hydrogens is 320 g/mol. The number of benzene rings is 2. The number of ether oxygens (including phenoxy) is 3. The lowest BCUT2D eigenvalue weighted by Gasteiger charge is -2.16. The Morgan fingerprint density at radius 1 is 1.00 bits per heavy atom. The van der Waals surface area contributed by atoms with Crippen molar-refractivity contribution < 1.29 is 27.8 Å². The van der Waals surface area contributed by atoms with Crippen LogP contribution >= 0.6 is 0 Å². The van der Waals surface area contributed by atoms with Crippen LogP contribution in [0.4, 0.5) is 14.5 Å². The van der Waals surface area contributed by atoms with Gasteiger partial charge >= 0.3 is 0 Å². The quantitative estimate of drug-likeness (QED) is 0.878. The minimum atomic E-state index is -1.04. The van der Waals surface area contributed by atoms with E-state index in [4.69, 9.17) is 14.2 Å². The van der Waals surface area contributed by atoms with Crippen LogP contribution in [-0.4, -0.2) is 26.2 Å². The minimum Gasteiger partial charge on any atom is -0.493 e. The van der Waals surface area contributed by atoms with Crippen molar-refractivity contribution in [3.05, 3.63) is 48.0 Å². The standard InChI is InChI=1S/C17H17F2NO4/c1-10(24-12-5-6-13(18)14(19)9-12)17(21)20-11-4-7-15(22-2)16(8-11)23-3/h4-10H,1-3H3,(H,20,21)/t10-/m0/s1. The second-order valence-corrected chi connectivity index (χ2v) is 4.90. The molecular formula is C17H17F2NO4. The van der Waals surface area contributed by atoms with Gasteiger partial charge in [-0.2, -0.15) is 0 Å². The Morgan fingerprint density at radius 3 is 2.33 bits per heavy atom. The highest BCUT2D eigenvalue weighted by Gasteiger charge is 2.16. The number of nitrogens with one attached hydrogen (secondary N) is 1. The van der Waals surface area contributed by atoms with E-state index in [0.29, 0.717) is 17.2 Å². The second-order valence-electron chi connectivity index (χ2n) is 4.90. The molecule has 0 saturated carbocycles. The molecule has 0 fully saturated rings. The Bertz CT molecular complexity index is 737. The molecule has 1 N–H and O–H groups in total. The van der Waals surface area contributed by atoms with E-state index in [-0.39, 0.29) is 5.75 Å². The Kier molecular flexibility index (Phi) is 5.57. The van der Waals surface area contributed by atoms with Gasteiger partial charge in [0.15, 0.2) is 29.2 Å². The first-order valence-corrected chi connectivity index (χ1v) is 7.09. The number of carbonyl (C=O) groups is 1. The average molecular weight is 337 g/mol. The minimum absolute atomic E-state index is 0.0591. The maximum absolute atomic E-state index is 13.2. The summed E-state index contributed by atoms with van der Waals surface area (Å²) in [6.45, 7) is 1.50. The number of halogens is 2. The van der Waals surface area contributed by atoms with Crippen molar-refractivity contribution in [2.24, 2.45) is 0 Å². The number of hydrogen-bond acceptors (Lipinski definition) is 4. The van der Waals surface area contributed by atoms with Crippen LogP contribution in [0.15, 0.2) is 36.4 Å². The Balaban J connectivity index is 2.04. The normalized spacial score (nSPS) is 11.5. The fraction of sp³-hybridized carbons (Fsp3) is 0.235. The van der Waals surface area contributed by atoms with Gasteiger partial charge in [-0.3, -0.25) is 4.79 Å². The van der Waals surface area contributed by atoms with Crippen molar-refractivity contribution >= 4 is 11.6 Å². The maximum Gasteiger partial charge on any atom is 0.265 e. The van der Waals surface area contributed by atoms with Crippen LogP contribution in [0.5, 0.6) is 17.2 Å². The molecule has 0 aromatic heterocycles. The topological polar surface area (TPSA) is 56.8 Å². The van der Waals surface area contributed by atoms with Crippen molar-refractivity contribution in [2.75, 3.05) is 19.5 Å². The van der Waals surface area contributed by atoms with Crippen molar-refractivity contribution in [1.29, 1.82) is 0 Å². The van der Waals surface area contributed by atoms with Crippen LogP contribution in [0, 0.1) is 11.6 Å². The number of rotatable bonds is 6. The van der Waals surface area contributed by atoms with Crippen LogP contribution < -0.4 is 19.5 Å². The summed E-state index contributed by atoms with van der Waals surface area (Å²) in [7, 11) is 2.99. The van der Waals surface area contributed by atoms with Gasteiger partial charge in [-0.05, 0) is 31.2 Å². The lowest BCUT2D eigenvalue weighted by molar-refractivity contribution is -0.122. The van der Waals surface area contributed by atoms with E-state index in [9.17, 15) is 13.6 Å². The third kappa shape index (κ3) is 4.13. The smallest absolute Gasteiger partial charge is 0.265 e. The van der Waals surface area contributed by atoms with Crippen LogP contribution in [0.25, 0.3) is 0 Å². The fourth-order valence-electron chi connectivity index (χ4n) is 1.97. The second kappa shape index (κ2) is 7.63. The van der Waals surface area contributed by atoms with Gasteiger partial charge in [0.2, 0.25) is 0 Å². The first kappa shape index (κ1) is 17.5. The molecule has 1 atom stereocenters. The lowest BCUT2D eigenvalue weighted by Crippen LogP contribution is -2.30. The van der Waals surface area contributed by atoms with Gasteiger partial charge in [-0.25, -0.2) is 8.78 Å². The Morgan fingerprint density at radius 2 is 1.71 bits per heavy atom. The summed E-state index contributed by atoms with van der Waals surface area (Å²) in [6, 6.07) is 7.96. The van der Waals surface area contributed by atoms with Crippen molar-refractivity contribution in [3.63, 3.8) is 0 Å². The first-order chi connectivity index (χ1) is 11.4. The van der Waals surface area contributed by atoms with Crippen LogP contribution in [0.1, 0.15) is 6.92 Å². The zero-order chi connectivity index (χ0) is 17.7. The van der Waals surface area contributed by atoms with Crippen LogP contribution in [-0.2, 0) is 4.79 Å². The Hall–Kier alpha value is -2.83. The average Bonchev–Trinajstić information content (AvgIpc) is 2.57. The number of methoxy groups -OCH3 is 2. The van der Waals surface area contributed by atoms with Gasteiger partial charge < -0.3 is 19.5 Å². The van der Waals surface area contributed by atoms with Gasteiger partial charge in [0, 0.05) is 17.8 Å². The highest BCUT2D eigenvalue weighted by molar-refractivity contribution is 5.94. The summed E-state index contributed by atoms with van der Waals surface area (Å²) >= 11 is 0. The molecule has 0 saturated heterocycles. The zero-order valence-corrected chi connectivity index (χ0v) is 13.4. The molecule has 0 heterocycles. The third-order valence-corrected chi connectivity index (χ3v) is 3.22. The highest BCUT2D eigenvalue weighted by Crippen LogP contribution is 2.29. The van der Waals surface area contributed by atoms with E-state index < -0.39 is 23.6 Å². The molecule has 1 amide bonds.